The Morgan fingerprint density at radius 2 is 1.74 bits per heavy atom. The number of benzene rings is 2. The Morgan fingerprint density at radius 3 is 2.42 bits per heavy atom. The van der Waals surface area contributed by atoms with Crippen molar-refractivity contribution in [1.29, 1.82) is 0 Å². The highest BCUT2D eigenvalue weighted by molar-refractivity contribution is 6.06. The molecule has 0 heterocycles. The van der Waals surface area contributed by atoms with Crippen LogP contribution in [0, 0.1) is 19.7 Å². The third-order valence-electron chi connectivity index (χ3n) is 3.05. The number of nitrogens with zero attached hydrogens (tertiary/aromatic N) is 1. The Labute approximate surface area is 112 Å². The van der Waals surface area contributed by atoms with Crippen LogP contribution in [0.4, 0.5) is 10.1 Å². The van der Waals surface area contributed by atoms with Crippen LogP contribution in [-0.4, -0.2) is 13.0 Å². The monoisotopic (exact) mass is 257 g/mol. The number of rotatable bonds is 2. The van der Waals surface area contributed by atoms with Gasteiger partial charge in [-0.3, -0.25) is 4.79 Å². The van der Waals surface area contributed by atoms with Crippen LogP contribution >= 0.6 is 0 Å². The number of aryl methyl sites for hydroxylation is 2. The summed E-state index contributed by atoms with van der Waals surface area (Å²) in [5.74, 6) is -0.832. The lowest BCUT2D eigenvalue weighted by Gasteiger charge is -2.18. The first-order valence-electron chi connectivity index (χ1n) is 6.10. The zero-order chi connectivity index (χ0) is 14.0. The molecule has 0 atom stereocenters. The number of carbonyl (C=O) groups excluding carboxylic acids is 1. The Morgan fingerprint density at radius 1 is 1.05 bits per heavy atom. The quantitative estimate of drug-likeness (QED) is 0.803. The van der Waals surface area contributed by atoms with Gasteiger partial charge in [-0.05, 0) is 43.7 Å². The molecule has 0 saturated heterocycles. The zero-order valence-corrected chi connectivity index (χ0v) is 11.3. The maximum atomic E-state index is 13.7. The number of carbonyl (C=O) groups is 1. The van der Waals surface area contributed by atoms with Crippen molar-refractivity contribution in [3.63, 3.8) is 0 Å². The van der Waals surface area contributed by atoms with Gasteiger partial charge in [-0.2, -0.15) is 0 Å². The van der Waals surface area contributed by atoms with Gasteiger partial charge >= 0.3 is 0 Å². The van der Waals surface area contributed by atoms with Crippen LogP contribution < -0.4 is 4.90 Å². The van der Waals surface area contributed by atoms with Crippen molar-refractivity contribution in [1.82, 2.24) is 0 Å². The first kappa shape index (κ1) is 13.3. The summed E-state index contributed by atoms with van der Waals surface area (Å²) in [7, 11) is 1.65. The highest BCUT2D eigenvalue weighted by Gasteiger charge is 2.17. The molecule has 2 aromatic carbocycles. The molecule has 0 unspecified atom stereocenters. The molecular weight excluding hydrogens is 241 g/mol. The minimum absolute atomic E-state index is 0.101. The molecule has 1 amide bonds. The van der Waals surface area contributed by atoms with Gasteiger partial charge in [0.15, 0.2) is 0 Å². The van der Waals surface area contributed by atoms with Crippen LogP contribution in [0.25, 0.3) is 0 Å². The van der Waals surface area contributed by atoms with Crippen LogP contribution in [0.1, 0.15) is 21.5 Å². The van der Waals surface area contributed by atoms with Crippen molar-refractivity contribution in [3.05, 3.63) is 65.0 Å². The fraction of sp³-hybridized carbons (Fsp3) is 0.188. The van der Waals surface area contributed by atoms with Gasteiger partial charge in [0.2, 0.25) is 0 Å². The van der Waals surface area contributed by atoms with Crippen molar-refractivity contribution in [2.75, 3.05) is 11.9 Å². The molecule has 0 radical (unpaired) electrons. The van der Waals surface area contributed by atoms with Crippen molar-refractivity contribution in [2.45, 2.75) is 13.8 Å². The maximum absolute atomic E-state index is 13.7. The van der Waals surface area contributed by atoms with Gasteiger partial charge in [0.05, 0.1) is 5.56 Å². The second kappa shape index (κ2) is 5.22. The number of anilines is 1. The summed E-state index contributed by atoms with van der Waals surface area (Å²) in [5.41, 5.74) is 2.78. The molecule has 0 aliphatic rings. The average molecular weight is 257 g/mol. The van der Waals surface area contributed by atoms with E-state index in [2.05, 4.69) is 0 Å². The van der Waals surface area contributed by atoms with Crippen LogP contribution in [0.3, 0.4) is 0 Å². The third kappa shape index (κ3) is 2.81. The first-order chi connectivity index (χ1) is 8.99. The molecule has 0 aromatic heterocycles. The van der Waals surface area contributed by atoms with Gasteiger partial charge in [0.1, 0.15) is 5.82 Å². The molecule has 19 heavy (non-hydrogen) atoms. The number of hydrogen-bond acceptors (Lipinski definition) is 1. The zero-order valence-electron chi connectivity index (χ0n) is 11.3. The Hall–Kier alpha value is -2.16. The predicted octanol–water partition coefficient (Wildman–Crippen LogP) is 3.72. The summed E-state index contributed by atoms with van der Waals surface area (Å²) in [6.45, 7) is 3.79. The van der Waals surface area contributed by atoms with Gasteiger partial charge in [-0.15, -0.1) is 0 Å². The lowest BCUT2D eigenvalue weighted by molar-refractivity contribution is 0.0989. The molecule has 2 nitrogen and oxygen atoms in total. The van der Waals surface area contributed by atoms with Crippen LogP contribution in [-0.2, 0) is 0 Å². The molecule has 0 aliphatic carbocycles. The first-order valence-corrected chi connectivity index (χ1v) is 6.10. The highest BCUT2D eigenvalue weighted by atomic mass is 19.1. The van der Waals surface area contributed by atoms with Gasteiger partial charge in [0.25, 0.3) is 5.91 Å². The van der Waals surface area contributed by atoms with E-state index in [0.29, 0.717) is 0 Å². The van der Waals surface area contributed by atoms with E-state index in [4.69, 9.17) is 0 Å². The van der Waals surface area contributed by atoms with E-state index >= 15 is 0 Å². The largest absolute Gasteiger partial charge is 0.311 e. The number of halogens is 1. The molecule has 0 bridgehead atoms. The van der Waals surface area contributed by atoms with Gasteiger partial charge in [-0.25, -0.2) is 4.39 Å². The van der Waals surface area contributed by atoms with Crippen LogP contribution in [0.15, 0.2) is 42.5 Å². The van der Waals surface area contributed by atoms with E-state index in [9.17, 15) is 9.18 Å². The van der Waals surface area contributed by atoms with E-state index in [1.807, 2.05) is 38.1 Å². The van der Waals surface area contributed by atoms with Gasteiger partial charge < -0.3 is 4.90 Å². The molecule has 2 rings (SSSR count). The van der Waals surface area contributed by atoms with E-state index in [1.165, 1.54) is 11.0 Å². The lowest BCUT2D eigenvalue weighted by atomic mass is 10.1. The summed E-state index contributed by atoms with van der Waals surface area (Å²) in [5, 5.41) is 0. The Bertz CT molecular complexity index is 622. The Balaban J connectivity index is 2.36. The summed E-state index contributed by atoms with van der Waals surface area (Å²) < 4.78 is 13.7. The molecule has 98 valence electrons. The van der Waals surface area contributed by atoms with E-state index < -0.39 is 5.82 Å². The maximum Gasteiger partial charge on any atom is 0.260 e. The fourth-order valence-corrected chi connectivity index (χ4v) is 1.94. The molecule has 0 saturated carbocycles. The van der Waals surface area contributed by atoms with Crippen molar-refractivity contribution >= 4 is 11.6 Å². The number of hydrogen-bond donors (Lipinski definition) is 0. The molecule has 2 aromatic rings. The topological polar surface area (TPSA) is 20.3 Å². The average Bonchev–Trinajstić information content (AvgIpc) is 2.40. The summed E-state index contributed by atoms with van der Waals surface area (Å²) in [6.07, 6.45) is 0. The SMILES string of the molecule is Cc1cccc(N(C)C(=O)c2cc(C)ccc2F)c1. The molecule has 3 heteroatoms. The summed E-state index contributed by atoms with van der Waals surface area (Å²) >= 11 is 0. The molecular formula is C16H16FNO. The van der Waals surface area contributed by atoms with E-state index in [0.717, 1.165) is 16.8 Å². The Kier molecular flexibility index (Phi) is 3.65. The summed E-state index contributed by atoms with van der Waals surface area (Å²) in [4.78, 5) is 13.8. The fourth-order valence-electron chi connectivity index (χ4n) is 1.94. The highest BCUT2D eigenvalue weighted by Crippen LogP contribution is 2.19. The minimum Gasteiger partial charge on any atom is -0.311 e. The number of amides is 1. The molecule has 0 fully saturated rings. The second-order valence-corrected chi connectivity index (χ2v) is 4.69. The lowest BCUT2D eigenvalue weighted by Crippen LogP contribution is -2.27. The third-order valence-corrected chi connectivity index (χ3v) is 3.05. The van der Waals surface area contributed by atoms with Crippen molar-refractivity contribution in [3.8, 4) is 0 Å². The smallest absolute Gasteiger partial charge is 0.260 e. The molecule has 0 spiro atoms. The molecule has 0 aliphatic heterocycles. The van der Waals surface area contributed by atoms with Gasteiger partial charge in [-0.1, -0.05) is 23.8 Å². The molecule has 0 N–H and O–H groups in total. The standard InChI is InChI=1S/C16H16FNO/c1-11-5-4-6-13(9-11)18(3)16(19)14-10-12(2)7-8-15(14)17/h4-10H,1-3H3. The van der Waals surface area contributed by atoms with Crippen LogP contribution in [0.2, 0.25) is 0 Å². The second-order valence-electron chi connectivity index (χ2n) is 4.69. The van der Waals surface area contributed by atoms with Crippen LogP contribution in [0.5, 0.6) is 0 Å². The predicted molar refractivity (Wildman–Crippen MR) is 75.0 cm³/mol. The van der Waals surface area contributed by atoms with Crippen molar-refractivity contribution in [2.24, 2.45) is 0 Å². The normalized spacial score (nSPS) is 10.3. The van der Waals surface area contributed by atoms with Gasteiger partial charge in [0, 0.05) is 12.7 Å². The van der Waals surface area contributed by atoms with E-state index in [1.54, 1.807) is 19.2 Å². The minimum atomic E-state index is -0.491. The van der Waals surface area contributed by atoms with Crippen molar-refractivity contribution < 1.29 is 9.18 Å². The summed E-state index contributed by atoms with van der Waals surface area (Å²) in [6, 6.07) is 12.1. The van der Waals surface area contributed by atoms with E-state index in [-0.39, 0.29) is 11.5 Å².